The third kappa shape index (κ3) is 5.05. The number of nitrogens with zero attached hydrogens (tertiary/aromatic N) is 1. The van der Waals surface area contributed by atoms with Gasteiger partial charge in [-0.15, -0.1) is 0 Å². The van der Waals surface area contributed by atoms with E-state index in [1.807, 2.05) is 13.8 Å². The van der Waals surface area contributed by atoms with Crippen LogP contribution in [0.1, 0.15) is 30.6 Å². The fraction of sp³-hybridized carbons (Fsp3) is 0.385. The van der Waals surface area contributed by atoms with E-state index in [-0.39, 0.29) is 11.3 Å². The lowest BCUT2D eigenvalue weighted by Crippen LogP contribution is -2.40. The van der Waals surface area contributed by atoms with Crippen molar-refractivity contribution in [2.45, 2.75) is 20.3 Å². The number of nitro benzene ring substituents is 1. The average molecular weight is 279 g/mol. The molecule has 0 aromatic heterocycles. The van der Waals surface area contributed by atoms with Gasteiger partial charge >= 0.3 is 6.03 Å². The summed E-state index contributed by atoms with van der Waals surface area (Å²) >= 11 is 0. The topological polar surface area (TPSA) is 101 Å². The normalized spacial score (nSPS) is 10.2. The smallest absolute Gasteiger partial charge is 0.321 e. The van der Waals surface area contributed by atoms with Crippen LogP contribution in [0.3, 0.4) is 0 Å². The first-order valence-corrected chi connectivity index (χ1v) is 6.23. The molecular weight excluding hydrogens is 262 g/mol. The van der Waals surface area contributed by atoms with E-state index in [1.54, 1.807) is 0 Å². The lowest BCUT2D eigenvalue weighted by atomic mass is 10.1. The van der Waals surface area contributed by atoms with Crippen molar-refractivity contribution in [3.8, 4) is 0 Å². The molecule has 7 nitrogen and oxygen atoms in total. The van der Waals surface area contributed by atoms with Gasteiger partial charge in [0.1, 0.15) is 0 Å². The molecular formula is C13H17N3O4. The second-order valence-corrected chi connectivity index (χ2v) is 4.70. The number of hydrogen-bond donors (Lipinski definition) is 2. The zero-order valence-electron chi connectivity index (χ0n) is 11.4. The molecule has 0 fully saturated rings. The summed E-state index contributed by atoms with van der Waals surface area (Å²) in [5.41, 5.74) is 0.0811. The Morgan fingerprint density at radius 2 is 1.85 bits per heavy atom. The van der Waals surface area contributed by atoms with Crippen LogP contribution in [0.25, 0.3) is 0 Å². The summed E-state index contributed by atoms with van der Waals surface area (Å²) in [5, 5.41) is 15.2. The summed E-state index contributed by atoms with van der Waals surface area (Å²) in [5.74, 6) is -0.136. The number of rotatable bonds is 5. The highest BCUT2D eigenvalue weighted by Crippen LogP contribution is 2.11. The monoisotopic (exact) mass is 279 g/mol. The van der Waals surface area contributed by atoms with Crippen LogP contribution in [0, 0.1) is 16.0 Å². The van der Waals surface area contributed by atoms with Crippen LogP contribution in [-0.4, -0.2) is 23.4 Å². The zero-order valence-corrected chi connectivity index (χ0v) is 11.4. The molecule has 2 N–H and O–H groups in total. The van der Waals surface area contributed by atoms with E-state index in [0.29, 0.717) is 12.5 Å². The van der Waals surface area contributed by atoms with Crippen LogP contribution in [0.4, 0.5) is 10.5 Å². The van der Waals surface area contributed by atoms with Gasteiger partial charge in [-0.25, -0.2) is 4.79 Å². The number of carbonyl (C=O) groups excluding carboxylic acids is 2. The van der Waals surface area contributed by atoms with E-state index >= 15 is 0 Å². The van der Waals surface area contributed by atoms with Crippen molar-refractivity contribution in [2.24, 2.45) is 5.92 Å². The first kappa shape index (κ1) is 15.6. The minimum atomic E-state index is -0.595. The highest BCUT2D eigenvalue weighted by atomic mass is 16.6. The van der Waals surface area contributed by atoms with E-state index in [9.17, 15) is 19.7 Å². The molecule has 108 valence electrons. The molecule has 1 rings (SSSR count). The molecule has 0 aliphatic rings. The Labute approximate surface area is 116 Å². The second kappa shape index (κ2) is 7.22. The molecule has 0 atom stereocenters. The standard InChI is InChI=1S/C13H17N3O4/c1-9(2)7-8-14-13(18)15-12(17)10-3-5-11(6-4-10)16(19)20/h3-6,9H,7-8H2,1-2H3,(H2,14,15,17,18). The van der Waals surface area contributed by atoms with Crippen LogP contribution in [-0.2, 0) is 0 Å². The molecule has 0 heterocycles. The van der Waals surface area contributed by atoms with Gasteiger partial charge in [-0.2, -0.15) is 0 Å². The maximum Gasteiger partial charge on any atom is 0.321 e. The zero-order chi connectivity index (χ0) is 15.1. The molecule has 0 saturated heterocycles. The minimum Gasteiger partial charge on any atom is -0.338 e. The molecule has 0 bridgehead atoms. The Hall–Kier alpha value is -2.44. The van der Waals surface area contributed by atoms with Crippen LogP contribution in [0.2, 0.25) is 0 Å². The molecule has 0 unspecified atom stereocenters. The van der Waals surface area contributed by atoms with Crippen LogP contribution in [0.5, 0.6) is 0 Å². The predicted molar refractivity (Wildman–Crippen MR) is 73.4 cm³/mol. The number of urea groups is 1. The SMILES string of the molecule is CC(C)CCNC(=O)NC(=O)c1ccc([N+](=O)[O-])cc1. The number of nitro groups is 1. The van der Waals surface area contributed by atoms with E-state index in [0.717, 1.165) is 6.42 Å². The van der Waals surface area contributed by atoms with E-state index < -0.39 is 16.9 Å². The van der Waals surface area contributed by atoms with Crippen molar-refractivity contribution in [3.63, 3.8) is 0 Å². The molecule has 7 heteroatoms. The number of benzene rings is 1. The largest absolute Gasteiger partial charge is 0.338 e. The lowest BCUT2D eigenvalue weighted by Gasteiger charge is -2.08. The third-order valence-corrected chi connectivity index (χ3v) is 2.57. The summed E-state index contributed by atoms with van der Waals surface area (Å²) in [7, 11) is 0. The Morgan fingerprint density at radius 3 is 2.35 bits per heavy atom. The molecule has 1 aromatic carbocycles. The summed E-state index contributed by atoms with van der Waals surface area (Å²) in [6.45, 7) is 4.54. The maximum absolute atomic E-state index is 11.7. The second-order valence-electron chi connectivity index (χ2n) is 4.70. The van der Waals surface area contributed by atoms with Crippen LogP contribution in [0.15, 0.2) is 24.3 Å². The molecule has 0 aliphatic carbocycles. The number of hydrogen-bond acceptors (Lipinski definition) is 4. The van der Waals surface area contributed by atoms with Gasteiger partial charge in [0.25, 0.3) is 11.6 Å². The number of non-ortho nitro benzene ring substituents is 1. The summed E-state index contributed by atoms with van der Waals surface area (Å²) in [4.78, 5) is 33.0. The van der Waals surface area contributed by atoms with E-state index in [4.69, 9.17) is 0 Å². The summed E-state index contributed by atoms with van der Waals surface area (Å²) < 4.78 is 0. The van der Waals surface area contributed by atoms with Gasteiger partial charge < -0.3 is 5.32 Å². The van der Waals surface area contributed by atoms with Crippen LogP contribution >= 0.6 is 0 Å². The van der Waals surface area contributed by atoms with E-state index in [2.05, 4.69) is 10.6 Å². The van der Waals surface area contributed by atoms with Crippen molar-refractivity contribution in [2.75, 3.05) is 6.54 Å². The molecule has 20 heavy (non-hydrogen) atoms. The Balaban J connectivity index is 2.49. The fourth-order valence-corrected chi connectivity index (χ4v) is 1.43. The van der Waals surface area contributed by atoms with Gasteiger partial charge in [-0.05, 0) is 24.5 Å². The quantitative estimate of drug-likeness (QED) is 0.636. The highest BCUT2D eigenvalue weighted by molar-refractivity contribution is 6.04. The summed E-state index contributed by atoms with van der Waals surface area (Å²) in [6, 6.07) is 4.45. The molecule has 0 radical (unpaired) electrons. The van der Waals surface area contributed by atoms with Crippen molar-refractivity contribution in [1.29, 1.82) is 0 Å². The van der Waals surface area contributed by atoms with Gasteiger partial charge in [0.2, 0.25) is 0 Å². The third-order valence-electron chi connectivity index (χ3n) is 2.57. The van der Waals surface area contributed by atoms with Crippen molar-refractivity contribution in [3.05, 3.63) is 39.9 Å². The van der Waals surface area contributed by atoms with Crippen molar-refractivity contribution in [1.82, 2.24) is 10.6 Å². The molecule has 1 aromatic rings. The fourth-order valence-electron chi connectivity index (χ4n) is 1.43. The average Bonchev–Trinajstić information content (AvgIpc) is 2.38. The number of amides is 3. The summed E-state index contributed by atoms with van der Waals surface area (Å²) in [6.07, 6.45) is 0.819. The maximum atomic E-state index is 11.7. The number of carbonyl (C=O) groups is 2. The van der Waals surface area contributed by atoms with Crippen LogP contribution < -0.4 is 10.6 Å². The van der Waals surface area contributed by atoms with Gasteiger partial charge in [-0.1, -0.05) is 13.8 Å². The predicted octanol–water partition coefficient (Wildman–Crippen LogP) is 2.08. The number of nitrogens with one attached hydrogen (secondary N) is 2. The molecule has 3 amide bonds. The first-order chi connectivity index (χ1) is 9.40. The van der Waals surface area contributed by atoms with Gasteiger partial charge in [0.05, 0.1) is 4.92 Å². The minimum absolute atomic E-state index is 0.108. The Morgan fingerprint density at radius 1 is 1.25 bits per heavy atom. The Kier molecular flexibility index (Phi) is 5.64. The van der Waals surface area contributed by atoms with Crippen molar-refractivity contribution >= 4 is 17.6 Å². The van der Waals surface area contributed by atoms with E-state index in [1.165, 1.54) is 24.3 Å². The Bertz CT molecular complexity index is 497. The first-order valence-electron chi connectivity index (χ1n) is 6.23. The molecule has 0 spiro atoms. The van der Waals surface area contributed by atoms with Gasteiger partial charge in [-0.3, -0.25) is 20.2 Å². The number of imide groups is 1. The molecule has 0 aliphatic heterocycles. The van der Waals surface area contributed by atoms with Crippen molar-refractivity contribution < 1.29 is 14.5 Å². The highest BCUT2D eigenvalue weighted by Gasteiger charge is 2.12. The van der Waals surface area contributed by atoms with Gasteiger partial charge in [0, 0.05) is 24.2 Å². The van der Waals surface area contributed by atoms with Gasteiger partial charge in [0.15, 0.2) is 0 Å². The lowest BCUT2D eigenvalue weighted by molar-refractivity contribution is -0.384. The molecule has 0 saturated carbocycles.